The van der Waals surface area contributed by atoms with Gasteiger partial charge in [-0.1, -0.05) is 20.3 Å². The van der Waals surface area contributed by atoms with E-state index in [0.717, 1.165) is 19.6 Å². The van der Waals surface area contributed by atoms with Gasteiger partial charge in [-0.3, -0.25) is 0 Å². The van der Waals surface area contributed by atoms with Gasteiger partial charge in [0, 0.05) is 19.8 Å². The van der Waals surface area contributed by atoms with Gasteiger partial charge in [0.1, 0.15) is 0 Å². The Morgan fingerprint density at radius 1 is 1.27 bits per heavy atom. The highest BCUT2D eigenvalue weighted by Crippen LogP contribution is 2.00. The fourth-order valence-corrected chi connectivity index (χ4v) is 1.25. The SMILES string of the molecule is CCCC(CCOC)NCC. The lowest BCUT2D eigenvalue weighted by molar-refractivity contribution is 0.181. The Labute approximate surface area is 70.3 Å². The zero-order chi connectivity index (χ0) is 8.53. The molecule has 0 aliphatic carbocycles. The molecule has 2 nitrogen and oxygen atoms in total. The second-order valence-corrected chi connectivity index (χ2v) is 2.82. The van der Waals surface area contributed by atoms with Crippen molar-refractivity contribution in [1.29, 1.82) is 0 Å². The number of hydrogen-bond acceptors (Lipinski definition) is 2. The van der Waals surface area contributed by atoms with Crippen molar-refractivity contribution in [3.8, 4) is 0 Å². The van der Waals surface area contributed by atoms with E-state index in [1.165, 1.54) is 12.8 Å². The first-order chi connectivity index (χ1) is 5.35. The number of rotatable bonds is 7. The van der Waals surface area contributed by atoms with Crippen LogP contribution in [0.2, 0.25) is 0 Å². The summed E-state index contributed by atoms with van der Waals surface area (Å²) in [6, 6.07) is 0.657. The van der Waals surface area contributed by atoms with Crippen molar-refractivity contribution in [2.24, 2.45) is 0 Å². The van der Waals surface area contributed by atoms with Crippen molar-refractivity contribution in [3.63, 3.8) is 0 Å². The first-order valence-corrected chi connectivity index (χ1v) is 4.57. The summed E-state index contributed by atoms with van der Waals surface area (Å²) in [6.45, 7) is 6.30. The molecule has 0 radical (unpaired) electrons. The molecule has 0 amide bonds. The third-order valence-electron chi connectivity index (χ3n) is 1.80. The fraction of sp³-hybridized carbons (Fsp3) is 1.00. The predicted octanol–water partition coefficient (Wildman–Crippen LogP) is 1.80. The molecule has 11 heavy (non-hydrogen) atoms. The van der Waals surface area contributed by atoms with Crippen LogP contribution in [0.1, 0.15) is 33.1 Å². The number of ether oxygens (including phenoxy) is 1. The standard InChI is InChI=1S/C9H21NO/c1-4-6-9(10-5-2)7-8-11-3/h9-10H,4-8H2,1-3H3. The molecule has 0 aromatic rings. The van der Waals surface area contributed by atoms with Crippen molar-refractivity contribution in [3.05, 3.63) is 0 Å². The molecule has 0 aromatic carbocycles. The van der Waals surface area contributed by atoms with Gasteiger partial charge in [0.2, 0.25) is 0 Å². The van der Waals surface area contributed by atoms with E-state index in [1.54, 1.807) is 7.11 Å². The summed E-state index contributed by atoms with van der Waals surface area (Å²) in [5.74, 6) is 0. The monoisotopic (exact) mass is 159 g/mol. The quantitative estimate of drug-likeness (QED) is 0.611. The van der Waals surface area contributed by atoms with E-state index in [1.807, 2.05) is 0 Å². The van der Waals surface area contributed by atoms with Crippen LogP contribution in [0.5, 0.6) is 0 Å². The third kappa shape index (κ3) is 6.32. The second-order valence-electron chi connectivity index (χ2n) is 2.82. The van der Waals surface area contributed by atoms with Crippen molar-refractivity contribution in [2.45, 2.75) is 39.2 Å². The lowest BCUT2D eigenvalue weighted by atomic mass is 10.1. The normalized spacial score (nSPS) is 13.4. The van der Waals surface area contributed by atoms with Gasteiger partial charge in [-0.2, -0.15) is 0 Å². The Kier molecular flexibility index (Phi) is 7.96. The Bertz CT molecular complexity index is 70.0. The fourth-order valence-electron chi connectivity index (χ4n) is 1.25. The summed E-state index contributed by atoms with van der Waals surface area (Å²) in [5.41, 5.74) is 0. The minimum absolute atomic E-state index is 0.657. The van der Waals surface area contributed by atoms with Gasteiger partial charge in [-0.25, -0.2) is 0 Å². The van der Waals surface area contributed by atoms with Crippen LogP contribution in [0.25, 0.3) is 0 Å². The molecule has 1 unspecified atom stereocenters. The highest BCUT2D eigenvalue weighted by molar-refractivity contribution is 4.64. The molecule has 0 heterocycles. The maximum Gasteiger partial charge on any atom is 0.0477 e. The third-order valence-corrected chi connectivity index (χ3v) is 1.80. The minimum Gasteiger partial charge on any atom is -0.385 e. The van der Waals surface area contributed by atoms with E-state index in [2.05, 4.69) is 19.2 Å². The molecular formula is C9H21NO. The maximum absolute atomic E-state index is 5.02. The summed E-state index contributed by atoms with van der Waals surface area (Å²) in [7, 11) is 1.76. The Hall–Kier alpha value is -0.0800. The minimum atomic E-state index is 0.657. The maximum atomic E-state index is 5.02. The average Bonchev–Trinajstić information content (AvgIpc) is 2.01. The number of methoxy groups -OCH3 is 1. The molecule has 1 N–H and O–H groups in total. The van der Waals surface area contributed by atoms with Gasteiger partial charge in [0.25, 0.3) is 0 Å². The highest BCUT2D eigenvalue weighted by atomic mass is 16.5. The molecule has 2 heteroatoms. The first-order valence-electron chi connectivity index (χ1n) is 4.57. The Balaban J connectivity index is 3.34. The van der Waals surface area contributed by atoms with E-state index in [4.69, 9.17) is 4.74 Å². The van der Waals surface area contributed by atoms with Crippen LogP contribution in [0, 0.1) is 0 Å². The Morgan fingerprint density at radius 3 is 2.45 bits per heavy atom. The van der Waals surface area contributed by atoms with Crippen LogP contribution in [0.15, 0.2) is 0 Å². The Morgan fingerprint density at radius 2 is 2.00 bits per heavy atom. The molecule has 0 fully saturated rings. The van der Waals surface area contributed by atoms with Crippen LogP contribution in [0.3, 0.4) is 0 Å². The topological polar surface area (TPSA) is 21.3 Å². The van der Waals surface area contributed by atoms with Crippen LogP contribution in [-0.2, 0) is 4.74 Å². The van der Waals surface area contributed by atoms with Gasteiger partial charge >= 0.3 is 0 Å². The van der Waals surface area contributed by atoms with Crippen molar-refractivity contribution >= 4 is 0 Å². The molecular weight excluding hydrogens is 138 g/mol. The summed E-state index contributed by atoms with van der Waals surface area (Å²) in [6.07, 6.45) is 3.65. The van der Waals surface area contributed by atoms with Gasteiger partial charge < -0.3 is 10.1 Å². The van der Waals surface area contributed by atoms with Gasteiger partial charge in [0.05, 0.1) is 0 Å². The molecule has 0 saturated heterocycles. The molecule has 68 valence electrons. The van der Waals surface area contributed by atoms with Crippen LogP contribution in [0.4, 0.5) is 0 Å². The molecule has 0 bridgehead atoms. The molecule has 0 aromatic heterocycles. The zero-order valence-corrected chi connectivity index (χ0v) is 8.02. The van der Waals surface area contributed by atoms with Crippen molar-refractivity contribution in [1.82, 2.24) is 5.32 Å². The molecule has 0 saturated carbocycles. The lowest BCUT2D eigenvalue weighted by Gasteiger charge is -2.15. The van der Waals surface area contributed by atoms with E-state index in [-0.39, 0.29) is 0 Å². The van der Waals surface area contributed by atoms with Crippen molar-refractivity contribution < 1.29 is 4.74 Å². The van der Waals surface area contributed by atoms with E-state index < -0.39 is 0 Å². The van der Waals surface area contributed by atoms with Crippen LogP contribution >= 0.6 is 0 Å². The lowest BCUT2D eigenvalue weighted by Crippen LogP contribution is -2.29. The summed E-state index contributed by atoms with van der Waals surface area (Å²) >= 11 is 0. The summed E-state index contributed by atoms with van der Waals surface area (Å²) in [4.78, 5) is 0. The van der Waals surface area contributed by atoms with Gasteiger partial charge in [-0.15, -0.1) is 0 Å². The first kappa shape index (κ1) is 10.9. The zero-order valence-electron chi connectivity index (χ0n) is 8.02. The summed E-state index contributed by atoms with van der Waals surface area (Å²) < 4.78 is 5.02. The molecule has 0 aliphatic heterocycles. The van der Waals surface area contributed by atoms with Gasteiger partial charge in [-0.05, 0) is 19.4 Å². The van der Waals surface area contributed by atoms with Crippen LogP contribution in [-0.4, -0.2) is 26.3 Å². The van der Waals surface area contributed by atoms with E-state index in [0.29, 0.717) is 6.04 Å². The highest BCUT2D eigenvalue weighted by Gasteiger charge is 2.03. The number of hydrogen-bond donors (Lipinski definition) is 1. The molecule has 0 aliphatic rings. The predicted molar refractivity (Wildman–Crippen MR) is 48.9 cm³/mol. The second kappa shape index (κ2) is 8.02. The van der Waals surface area contributed by atoms with E-state index >= 15 is 0 Å². The van der Waals surface area contributed by atoms with E-state index in [9.17, 15) is 0 Å². The van der Waals surface area contributed by atoms with Crippen molar-refractivity contribution in [2.75, 3.05) is 20.3 Å². The molecule has 0 spiro atoms. The smallest absolute Gasteiger partial charge is 0.0477 e. The number of nitrogens with one attached hydrogen (secondary N) is 1. The summed E-state index contributed by atoms with van der Waals surface area (Å²) in [5, 5.41) is 3.44. The van der Waals surface area contributed by atoms with Crippen LogP contribution < -0.4 is 5.32 Å². The van der Waals surface area contributed by atoms with Gasteiger partial charge in [0.15, 0.2) is 0 Å². The molecule has 0 rings (SSSR count). The largest absolute Gasteiger partial charge is 0.385 e. The average molecular weight is 159 g/mol. The molecule has 1 atom stereocenters.